The van der Waals surface area contributed by atoms with Crippen molar-refractivity contribution in [3.05, 3.63) is 42.6 Å². The molecule has 1 atom stereocenters. The number of aromatic nitrogens is 6. The highest BCUT2D eigenvalue weighted by Crippen LogP contribution is 2.16. The number of rotatable bonds is 6. The molecule has 2 amide bonds. The summed E-state index contributed by atoms with van der Waals surface area (Å²) in [6, 6.07) is 3.27. The Morgan fingerprint density at radius 2 is 2.19 bits per heavy atom. The quantitative estimate of drug-likeness (QED) is 0.707. The summed E-state index contributed by atoms with van der Waals surface area (Å²) in [6.07, 6.45) is 4.98. The van der Waals surface area contributed by atoms with Gasteiger partial charge in [-0.3, -0.25) is 4.98 Å². The summed E-state index contributed by atoms with van der Waals surface area (Å²) in [7, 11) is 1.66. The number of pyridine rings is 1. The highest BCUT2D eigenvalue weighted by atomic mass is 16.5. The van der Waals surface area contributed by atoms with Gasteiger partial charge in [-0.25, -0.2) is 4.79 Å². The number of urea groups is 1. The van der Waals surface area contributed by atoms with Gasteiger partial charge in [0.15, 0.2) is 5.82 Å². The molecule has 3 heterocycles. The third kappa shape index (κ3) is 4.27. The smallest absolute Gasteiger partial charge is 0.318 e. The number of nitrogens with zero attached hydrogens (tertiary/aromatic N) is 7. The highest BCUT2D eigenvalue weighted by Gasteiger charge is 2.20. The van der Waals surface area contributed by atoms with Gasteiger partial charge in [0.1, 0.15) is 12.9 Å². The van der Waals surface area contributed by atoms with Gasteiger partial charge in [-0.05, 0) is 32.9 Å². The van der Waals surface area contributed by atoms with Gasteiger partial charge in [0.25, 0.3) is 0 Å². The lowest BCUT2D eigenvalue weighted by molar-refractivity contribution is 0.195. The van der Waals surface area contributed by atoms with Crippen LogP contribution in [0, 0.1) is 0 Å². The number of carbonyl (C=O) groups is 1. The van der Waals surface area contributed by atoms with Crippen LogP contribution in [-0.2, 0) is 6.54 Å². The van der Waals surface area contributed by atoms with Crippen molar-refractivity contribution < 1.29 is 9.32 Å². The summed E-state index contributed by atoms with van der Waals surface area (Å²) in [5.74, 6) is 1.47. The summed E-state index contributed by atoms with van der Waals surface area (Å²) in [5, 5.41) is 14.9. The van der Waals surface area contributed by atoms with E-state index < -0.39 is 0 Å². The Morgan fingerprint density at radius 3 is 2.89 bits per heavy atom. The Bertz CT molecular complexity index is 889. The molecule has 0 aromatic carbocycles. The highest BCUT2D eigenvalue weighted by molar-refractivity contribution is 5.74. The summed E-state index contributed by atoms with van der Waals surface area (Å²) < 4.78 is 7.15. The standard InChI is InChI=1S/C17H22N8O2/c1-11(2)25-10-19-22-16(25)12(3)20-17(26)24(4)9-14-21-15(23-27-14)13-6-5-7-18-8-13/h5-8,10-12H,9H2,1-4H3,(H,20,26)/t12-/m1/s1. The number of carbonyl (C=O) groups excluding carboxylic acids is 1. The molecule has 0 radical (unpaired) electrons. The van der Waals surface area contributed by atoms with E-state index in [4.69, 9.17) is 4.52 Å². The number of nitrogens with one attached hydrogen (secondary N) is 1. The van der Waals surface area contributed by atoms with Crippen molar-refractivity contribution in [3.8, 4) is 11.4 Å². The number of hydrogen-bond acceptors (Lipinski definition) is 7. The van der Waals surface area contributed by atoms with Crippen LogP contribution in [0.2, 0.25) is 0 Å². The second-order valence-electron chi connectivity index (χ2n) is 6.47. The van der Waals surface area contributed by atoms with Crippen LogP contribution in [0.3, 0.4) is 0 Å². The molecular formula is C17H22N8O2. The Labute approximate surface area is 156 Å². The molecule has 1 N–H and O–H groups in total. The van der Waals surface area contributed by atoms with Crippen molar-refractivity contribution >= 4 is 6.03 Å². The molecule has 3 aromatic heterocycles. The molecule has 0 aliphatic heterocycles. The Balaban J connectivity index is 1.61. The lowest BCUT2D eigenvalue weighted by atomic mass is 10.3. The van der Waals surface area contributed by atoms with Gasteiger partial charge in [-0.2, -0.15) is 4.98 Å². The topological polar surface area (TPSA) is 115 Å². The molecule has 0 fully saturated rings. The SMILES string of the molecule is CC(C)n1cnnc1[C@@H](C)NC(=O)N(C)Cc1nc(-c2cccnc2)no1. The first-order chi connectivity index (χ1) is 13.0. The molecule has 0 bridgehead atoms. The largest absolute Gasteiger partial charge is 0.337 e. The first-order valence-electron chi connectivity index (χ1n) is 8.59. The van der Waals surface area contributed by atoms with Gasteiger partial charge in [-0.15, -0.1) is 10.2 Å². The fraction of sp³-hybridized carbons (Fsp3) is 0.412. The van der Waals surface area contributed by atoms with Crippen molar-refractivity contribution in [1.82, 2.24) is 40.1 Å². The van der Waals surface area contributed by atoms with Crippen molar-refractivity contribution in [3.63, 3.8) is 0 Å². The Kier molecular flexibility index (Phi) is 5.43. The van der Waals surface area contributed by atoms with Gasteiger partial charge < -0.3 is 19.3 Å². The molecule has 27 heavy (non-hydrogen) atoms. The predicted molar refractivity (Wildman–Crippen MR) is 96.3 cm³/mol. The minimum Gasteiger partial charge on any atom is -0.337 e. The minimum absolute atomic E-state index is 0.183. The first kappa shape index (κ1) is 18.5. The molecule has 10 heteroatoms. The molecule has 0 saturated heterocycles. The lowest BCUT2D eigenvalue weighted by Gasteiger charge is -2.21. The zero-order valence-corrected chi connectivity index (χ0v) is 15.7. The molecule has 142 valence electrons. The Hall–Kier alpha value is -3.30. The van der Waals surface area contributed by atoms with E-state index in [1.165, 1.54) is 4.90 Å². The normalized spacial score (nSPS) is 12.2. The van der Waals surface area contributed by atoms with Crippen LogP contribution in [0.1, 0.15) is 44.6 Å². The van der Waals surface area contributed by atoms with Crippen LogP contribution in [0.15, 0.2) is 35.4 Å². The molecule has 0 aliphatic rings. The third-order valence-corrected chi connectivity index (χ3v) is 3.99. The predicted octanol–water partition coefficient (Wildman–Crippen LogP) is 2.21. The summed E-state index contributed by atoms with van der Waals surface area (Å²) >= 11 is 0. The molecule has 0 saturated carbocycles. The average Bonchev–Trinajstić information content (AvgIpc) is 3.32. The van der Waals surface area contributed by atoms with E-state index in [0.717, 1.165) is 5.56 Å². The molecule has 0 spiro atoms. The molecule has 0 aliphatic carbocycles. The van der Waals surface area contributed by atoms with Crippen LogP contribution < -0.4 is 5.32 Å². The maximum Gasteiger partial charge on any atom is 0.318 e. The van der Waals surface area contributed by atoms with E-state index in [1.807, 2.05) is 31.4 Å². The van der Waals surface area contributed by atoms with Gasteiger partial charge >= 0.3 is 6.03 Å². The minimum atomic E-state index is -0.293. The zero-order valence-electron chi connectivity index (χ0n) is 15.7. The van der Waals surface area contributed by atoms with Crippen LogP contribution in [0.4, 0.5) is 4.79 Å². The van der Waals surface area contributed by atoms with Crippen molar-refractivity contribution in [2.24, 2.45) is 0 Å². The maximum atomic E-state index is 12.5. The average molecular weight is 370 g/mol. The van der Waals surface area contributed by atoms with Gasteiger partial charge in [0.05, 0.1) is 6.04 Å². The molecule has 0 unspecified atom stereocenters. The second-order valence-corrected chi connectivity index (χ2v) is 6.47. The fourth-order valence-corrected chi connectivity index (χ4v) is 2.53. The fourth-order valence-electron chi connectivity index (χ4n) is 2.53. The van der Waals surface area contributed by atoms with E-state index in [0.29, 0.717) is 17.5 Å². The van der Waals surface area contributed by atoms with Crippen LogP contribution in [0.25, 0.3) is 11.4 Å². The summed E-state index contributed by atoms with van der Waals surface area (Å²) in [6.45, 7) is 6.11. The van der Waals surface area contributed by atoms with E-state index >= 15 is 0 Å². The van der Waals surface area contributed by atoms with Crippen LogP contribution >= 0.6 is 0 Å². The lowest BCUT2D eigenvalue weighted by Crippen LogP contribution is -2.39. The van der Waals surface area contributed by atoms with Gasteiger partial charge in [0.2, 0.25) is 11.7 Å². The van der Waals surface area contributed by atoms with E-state index in [1.54, 1.807) is 31.8 Å². The van der Waals surface area contributed by atoms with E-state index in [9.17, 15) is 4.79 Å². The monoisotopic (exact) mass is 370 g/mol. The second kappa shape index (κ2) is 7.94. The van der Waals surface area contributed by atoms with E-state index in [-0.39, 0.29) is 24.7 Å². The van der Waals surface area contributed by atoms with Crippen LogP contribution in [0.5, 0.6) is 0 Å². The third-order valence-electron chi connectivity index (χ3n) is 3.99. The molecule has 3 aromatic rings. The van der Waals surface area contributed by atoms with Crippen LogP contribution in [-0.4, -0.2) is 47.9 Å². The molecular weight excluding hydrogens is 348 g/mol. The number of hydrogen-bond donors (Lipinski definition) is 1. The summed E-state index contributed by atoms with van der Waals surface area (Å²) in [5.41, 5.74) is 0.751. The number of amides is 2. The van der Waals surface area contributed by atoms with Crippen molar-refractivity contribution in [1.29, 1.82) is 0 Å². The maximum absolute atomic E-state index is 12.5. The molecule has 3 rings (SSSR count). The molecule has 10 nitrogen and oxygen atoms in total. The van der Waals surface area contributed by atoms with E-state index in [2.05, 4.69) is 30.6 Å². The zero-order chi connectivity index (χ0) is 19.4. The van der Waals surface area contributed by atoms with Crippen molar-refractivity contribution in [2.45, 2.75) is 39.4 Å². The van der Waals surface area contributed by atoms with Crippen molar-refractivity contribution in [2.75, 3.05) is 7.05 Å². The van der Waals surface area contributed by atoms with Gasteiger partial charge in [0, 0.05) is 31.0 Å². The van der Waals surface area contributed by atoms with Gasteiger partial charge in [-0.1, -0.05) is 5.16 Å². The first-order valence-corrected chi connectivity index (χ1v) is 8.59. The Morgan fingerprint density at radius 1 is 1.37 bits per heavy atom. The summed E-state index contributed by atoms with van der Waals surface area (Å²) in [4.78, 5) is 22.3.